The number of nitrogens with one attached hydrogen (secondary N) is 1. The van der Waals surface area contributed by atoms with Crippen molar-refractivity contribution in [2.45, 2.75) is 17.7 Å². The molecule has 0 aliphatic carbocycles. The zero-order valence-electron chi connectivity index (χ0n) is 18.4. The van der Waals surface area contributed by atoms with Gasteiger partial charge in [0.1, 0.15) is 11.5 Å². The van der Waals surface area contributed by atoms with Gasteiger partial charge in [-0.25, -0.2) is 13.4 Å². The van der Waals surface area contributed by atoms with E-state index < -0.39 is 10.0 Å². The number of carbonyl (C=O) groups excluding carboxylic acids is 1. The number of rotatable bonds is 7. The molecule has 1 N–H and O–H groups in total. The van der Waals surface area contributed by atoms with Crippen molar-refractivity contribution in [3.05, 3.63) is 53.9 Å². The van der Waals surface area contributed by atoms with E-state index in [0.29, 0.717) is 48.3 Å². The number of benzene rings is 2. The van der Waals surface area contributed by atoms with Gasteiger partial charge in [0.15, 0.2) is 5.13 Å². The average molecular weight is 488 g/mol. The number of hydrogen-bond donors (Lipinski definition) is 1. The Morgan fingerprint density at radius 3 is 2.48 bits per heavy atom. The third-order valence-electron chi connectivity index (χ3n) is 5.62. The van der Waals surface area contributed by atoms with Gasteiger partial charge in [-0.3, -0.25) is 4.79 Å². The highest BCUT2D eigenvalue weighted by Crippen LogP contribution is 2.35. The van der Waals surface area contributed by atoms with Crippen LogP contribution >= 0.6 is 11.3 Å². The van der Waals surface area contributed by atoms with Crippen molar-refractivity contribution in [1.29, 1.82) is 0 Å². The number of amides is 1. The van der Waals surface area contributed by atoms with Gasteiger partial charge in [0.05, 0.1) is 24.8 Å². The molecule has 33 heavy (non-hydrogen) atoms. The maximum atomic E-state index is 12.8. The molecule has 0 unspecified atom stereocenters. The first-order chi connectivity index (χ1) is 15.9. The Labute approximate surface area is 197 Å². The summed E-state index contributed by atoms with van der Waals surface area (Å²) in [5.41, 5.74) is 1.45. The van der Waals surface area contributed by atoms with Crippen molar-refractivity contribution in [1.82, 2.24) is 9.29 Å². The summed E-state index contributed by atoms with van der Waals surface area (Å²) >= 11 is 1.33. The largest absolute Gasteiger partial charge is 0.497 e. The van der Waals surface area contributed by atoms with E-state index in [9.17, 15) is 13.2 Å². The number of ether oxygens (including phenoxy) is 2. The predicted molar refractivity (Wildman–Crippen MR) is 127 cm³/mol. The molecule has 4 rings (SSSR count). The van der Waals surface area contributed by atoms with E-state index in [1.54, 1.807) is 44.6 Å². The highest BCUT2D eigenvalue weighted by molar-refractivity contribution is 7.89. The molecule has 0 bridgehead atoms. The minimum Gasteiger partial charge on any atom is -0.497 e. The van der Waals surface area contributed by atoms with E-state index in [0.717, 1.165) is 5.56 Å². The Morgan fingerprint density at radius 1 is 1.09 bits per heavy atom. The summed E-state index contributed by atoms with van der Waals surface area (Å²) in [7, 11) is -0.361. The highest BCUT2D eigenvalue weighted by Gasteiger charge is 2.32. The Hall–Kier alpha value is -2.95. The molecule has 0 radical (unpaired) electrons. The second kappa shape index (κ2) is 9.90. The van der Waals surface area contributed by atoms with E-state index in [1.165, 1.54) is 15.6 Å². The van der Waals surface area contributed by atoms with Crippen LogP contribution in [0.4, 0.5) is 5.13 Å². The molecule has 174 valence electrons. The number of hydrogen-bond acceptors (Lipinski definition) is 7. The molecule has 8 nitrogen and oxygen atoms in total. The van der Waals surface area contributed by atoms with Gasteiger partial charge in [0.2, 0.25) is 15.9 Å². The van der Waals surface area contributed by atoms with Crippen LogP contribution in [0.1, 0.15) is 12.8 Å². The fraction of sp³-hybridized carbons (Fsp3) is 0.304. The monoisotopic (exact) mass is 487 g/mol. The van der Waals surface area contributed by atoms with Crippen LogP contribution in [0.5, 0.6) is 11.5 Å². The smallest absolute Gasteiger partial charge is 0.243 e. The van der Waals surface area contributed by atoms with Crippen LogP contribution in [0.3, 0.4) is 0 Å². The van der Waals surface area contributed by atoms with Crippen LogP contribution in [0.25, 0.3) is 11.3 Å². The number of anilines is 1. The minimum atomic E-state index is -3.54. The van der Waals surface area contributed by atoms with E-state index in [4.69, 9.17) is 9.47 Å². The van der Waals surface area contributed by atoms with Crippen molar-refractivity contribution in [2.24, 2.45) is 5.92 Å². The number of carbonyl (C=O) groups is 1. The summed E-state index contributed by atoms with van der Waals surface area (Å²) in [6.07, 6.45) is 0.916. The van der Waals surface area contributed by atoms with Crippen molar-refractivity contribution < 1.29 is 22.7 Å². The fourth-order valence-corrected chi connectivity index (χ4v) is 5.98. The number of sulfonamides is 1. The number of piperidine rings is 1. The number of thiazole rings is 1. The Bertz CT molecular complexity index is 1220. The molecule has 1 amide bonds. The standard InChI is InChI=1S/C23H25N3O5S2/c1-30-17-8-9-21(31-2)19(14-17)20-15-32-23(24-20)25-22(27)16-10-12-26(13-11-16)33(28,29)18-6-4-3-5-7-18/h3-9,14-16H,10-13H2,1-2H3,(H,24,25,27). The second-order valence-corrected chi connectivity index (χ2v) is 10.4. The molecule has 1 aromatic heterocycles. The molecule has 1 aliphatic heterocycles. The summed E-state index contributed by atoms with van der Waals surface area (Å²) in [6, 6.07) is 13.8. The molecule has 1 aliphatic rings. The Balaban J connectivity index is 1.39. The molecule has 0 atom stereocenters. The predicted octanol–water partition coefficient (Wildman–Crippen LogP) is 3.87. The Kier molecular flexibility index (Phi) is 6.96. The normalized spacial score (nSPS) is 15.2. The molecule has 1 saturated heterocycles. The third-order valence-corrected chi connectivity index (χ3v) is 8.29. The summed E-state index contributed by atoms with van der Waals surface area (Å²) < 4.78 is 37.7. The van der Waals surface area contributed by atoms with E-state index in [2.05, 4.69) is 10.3 Å². The molecule has 2 heterocycles. The minimum absolute atomic E-state index is 0.148. The molecule has 10 heteroatoms. The first-order valence-corrected chi connectivity index (χ1v) is 12.8. The van der Waals surface area contributed by atoms with Gasteiger partial charge >= 0.3 is 0 Å². The van der Waals surface area contributed by atoms with Crippen molar-refractivity contribution >= 4 is 32.4 Å². The van der Waals surface area contributed by atoms with Gasteiger partial charge in [-0.1, -0.05) is 18.2 Å². The van der Waals surface area contributed by atoms with Crippen LogP contribution in [0.15, 0.2) is 58.8 Å². The maximum Gasteiger partial charge on any atom is 0.243 e. The second-order valence-electron chi connectivity index (χ2n) is 7.58. The SMILES string of the molecule is COc1ccc(OC)c(-c2csc(NC(=O)C3CCN(S(=O)(=O)c4ccccc4)CC3)n2)c1. The average Bonchev–Trinajstić information content (AvgIpc) is 3.32. The number of nitrogens with zero attached hydrogens (tertiary/aromatic N) is 2. The lowest BCUT2D eigenvalue weighted by Gasteiger charge is -2.30. The Morgan fingerprint density at radius 2 is 1.82 bits per heavy atom. The molecule has 3 aromatic rings. The summed E-state index contributed by atoms with van der Waals surface area (Å²) in [5, 5.41) is 5.22. The first kappa shape index (κ1) is 23.2. The van der Waals surface area contributed by atoms with Gasteiger partial charge in [-0.15, -0.1) is 11.3 Å². The number of aromatic nitrogens is 1. The van der Waals surface area contributed by atoms with E-state index in [1.807, 2.05) is 23.6 Å². The van der Waals surface area contributed by atoms with Crippen molar-refractivity contribution in [2.75, 3.05) is 32.6 Å². The quantitative estimate of drug-likeness (QED) is 0.543. The molecule has 0 saturated carbocycles. The van der Waals surface area contributed by atoms with Crippen LogP contribution in [0.2, 0.25) is 0 Å². The fourth-order valence-electron chi connectivity index (χ4n) is 3.78. The molecule has 0 spiro atoms. The lowest BCUT2D eigenvalue weighted by Crippen LogP contribution is -2.41. The van der Waals surface area contributed by atoms with Gasteiger partial charge in [-0.2, -0.15) is 4.31 Å². The molecular weight excluding hydrogens is 462 g/mol. The van der Waals surface area contributed by atoms with Crippen LogP contribution in [-0.4, -0.2) is 50.9 Å². The maximum absolute atomic E-state index is 12.8. The van der Waals surface area contributed by atoms with E-state index >= 15 is 0 Å². The number of methoxy groups -OCH3 is 2. The van der Waals surface area contributed by atoms with Crippen LogP contribution in [0, 0.1) is 5.92 Å². The van der Waals surface area contributed by atoms with Gasteiger partial charge in [0, 0.05) is 30.0 Å². The van der Waals surface area contributed by atoms with Gasteiger partial charge in [0.25, 0.3) is 0 Å². The van der Waals surface area contributed by atoms with Crippen molar-refractivity contribution in [3.63, 3.8) is 0 Å². The lowest BCUT2D eigenvalue weighted by atomic mass is 9.97. The molecule has 1 fully saturated rings. The summed E-state index contributed by atoms with van der Waals surface area (Å²) in [5.74, 6) is 0.920. The van der Waals surface area contributed by atoms with Crippen LogP contribution in [-0.2, 0) is 14.8 Å². The molecule has 2 aromatic carbocycles. The van der Waals surface area contributed by atoms with Gasteiger partial charge < -0.3 is 14.8 Å². The van der Waals surface area contributed by atoms with Crippen LogP contribution < -0.4 is 14.8 Å². The molecular formula is C23H25N3O5S2. The lowest BCUT2D eigenvalue weighted by molar-refractivity contribution is -0.120. The first-order valence-electron chi connectivity index (χ1n) is 10.5. The van der Waals surface area contributed by atoms with E-state index in [-0.39, 0.29) is 16.7 Å². The van der Waals surface area contributed by atoms with Gasteiger partial charge in [-0.05, 0) is 43.2 Å². The topological polar surface area (TPSA) is 97.8 Å². The zero-order chi connectivity index (χ0) is 23.4. The summed E-state index contributed by atoms with van der Waals surface area (Å²) in [4.78, 5) is 17.6. The zero-order valence-corrected chi connectivity index (χ0v) is 20.0. The highest BCUT2D eigenvalue weighted by atomic mass is 32.2. The third kappa shape index (κ3) is 5.02. The summed E-state index contributed by atoms with van der Waals surface area (Å²) in [6.45, 7) is 0.610. The van der Waals surface area contributed by atoms with Crippen molar-refractivity contribution in [3.8, 4) is 22.8 Å².